The van der Waals surface area contributed by atoms with Crippen molar-refractivity contribution in [1.29, 1.82) is 0 Å². The second kappa shape index (κ2) is 6.31. The molecular formula is C8H12O2. The number of Topliss-reactive ketones (excluding diaryl/α,β-unsaturated/α-hetero) is 1. The normalized spacial score (nSPS) is 8.20. The van der Waals surface area contributed by atoms with E-state index < -0.39 is 0 Å². The molecule has 0 aliphatic rings. The van der Waals surface area contributed by atoms with E-state index in [9.17, 15) is 4.79 Å². The number of hydrogen-bond acceptors (Lipinski definition) is 2. The van der Waals surface area contributed by atoms with Crippen molar-refractivity contribution in [2.45, 2.75) is 26.2 Å². The molecule has 0 aromatic heterocycles. The maximum Gasteiger partial charge on any atom is 0.158 e. The zero-order valence-corrected chi connectivity index (χ0v) is 6.18. The minimum absolute atomic E-state index is 0.0992. The van der Waals surface area contributed by atoms with Crippen molar-refractivity contribution < 1.29 is 9.90 Å². The third-order valence-corrected chi connectivity index (χ3v) is 1.11. The van der Waals surface area contributed by atoms with Crippen molar-refractivity contribution in [2.75, 3.05) is 6.61 Å². The number of aliphatic hydroxyl groups is 1. The van der Waals surface area contributed by atoms with Crippen molar-refractivity contribution >= 4 is 5.78 Å². The van der Waals surface area contributed by atoms with Crippen LogP contribution in [0, 0.1) is 11.8 Å². The van der Waals surface area contributed by atoms with Crippen LogP contribution in [-0.2, 0) is 4.79 Å². The van der Waals surface area contributed by atoms with Crippen LogP contribution in [0.15, 0.2) is 0 Å². The molecule has 0 fully saturated rings. The van der Waals surface area contributed by atoms with Gasteiger partial charge in [0.25, 0.3) is 0 Å². The maximum atomic E-state index is 10.5. The Morgan fingerprint density at radius 2 is 2.30 bits per heavy atom. The molecule has 0 aliphatic heterocycles. The summed E-state index contributed by atoms with van der Waals surface area (Å²) in [5.41, 5.74) is 0. The van der Waals surface area contributed by atoms with E-state index in [0.29, 0.717) is 6.42 Å². The Morgan fingerprint density at radius 1 is 1.60 bits per heavy atom. The first-order valence-corrected chi connectivity index (χ1v) is 3.33. The molecular weight excluding hydrogens is 128 g/mol. The lowest BCUT2D eigenvalue weighted by molar-refractivity contribution is -0.121. The zero-order chi connectivity index (χ0) is 7.82. The standard InChI is InChI=1S/C8H12O2/c1-2-3-4-5-6-8(10)7-9/h9H,4-7H2,1H3. The van der Waals surface area contributed by atoms with E-state index in [-0.39, 0.29) is 12.4 Å². The van der Waals surface area contributed by atoms with Crippen LogP contribution in [0.4, 0.5) is 0 Å². The summed E-state index contributed by atoms with van der Waals surface area (Å²) in [5, 5.41) is 8.31. The van der Waals surface area contributed by atoms with E-state index in [1.54, 1.807) is 6.92 Å². The topological polar surface area (TPSA) is 37.3 Å². The second-order valence-corrected chi connectivity index (χ2v) is 1.98. The molecule has 0 heterocycles. The molecule has 0 bridgehead atoms. The second-order valence-electron chi connectivity index (χ2n) is 1.98. The molecule has 0 rings (SSSR count). The van der Waals surface area contributed by atoms with E-state index in [0.717, 1.165) is 12.8 Å². The lowest BCUT2D eigenvalue weighted by atomic mass is 10.2. The molecule has 2 nitrogen and oxygen atoms in total. The highest BCUT2D eigenvalue weighted by molar-refractivity contribution is 5.79. The van der Waals surface area contributed by atoms with Crippen molar-refractivity contribution in [2.24, 2.45) is 0 Å². The van der Waals surface area contributed by atoms with Gasteiger partial charge in [-0.15, -0.1) is 11.8 Å². The van der Waals surface area contributed by atoms with Gasteiger partial charge in [0.2, 0.25) is 0 Å². The van der Waals surface area contributed by atoms with Gasteiger partial charge in [-0.1, -0.05) is 0 Å². The molecule has 10 heavy (non-hydrogen) atoms. The minimum atomic E-state index is -0.334. The monoisotopic (exact) mass is 140 g/mol. The Labute approximate surface area is 61.2 Å². The van der Waals surface area contributed by atoms with E-state index in [1.807, 2.05) is 0 Å². The Kier molecular flexibility index (Phi) is 5.80. The fourth-order valence-corrected chi connectivity index (χ4v) is 0.578. The first-order valence-electron chi connectivity index (χ1n) is 3.33. The Bertz CT molecular complexity index is 150. The molecule has 0 aromatic rings. The van der Waals surface area contributed by atoms with Crippen LogP contribution >= 0.6 is 0 Å². The number of rotatable bonds is 4. The first-order chi connectivity index (χ1) is 4.81. The minimum Gasteiger partial charge on any atom is -0.389 e. The van der Waals surface area contributed by atoms with Crippen molar-refractivity contribution in [3.8, 4) is 11.8 Å². The van der Waals surface area contributed by atoms with Crippen LogP contribution in [0.5, 0.6) is 0 Å². The number of ketones is 1. The van der Waals surface area contributed by atoms with E-state index in [1.165, 1.54) is 0 Å². The number of carbonyl (C=O) groups excluding carboxylic acids is 1. The fraction of sp³-hybridized carbons (Fsp3) is 0.625. The van der Waals surface area contributed by atoms with Crippen LogP contribution in [-0.4, -0.2) is 17.5 Å². The third kappa shape index (κ3) is 5.33. The highest BCUT2D eigenvalue weighted by Gasteiger charge is 1.95. The van der Waals surface area contributed by atoms with Crippen LogP contribution in [0.25, 0.3) is 0 Å². The van der Waals surface area contributed by atoms with Gasteiger partial charge in [-0.3, -0.25) is 4.79 Å². The molecule has 0 saturated carbocycles. The molecule has 0 unspecified atom stereocenters. The largest absolute Gasteiger partial charge is 0.389 e. The van der Waals surface area contributed by atoms with Gasteiger partial charge < -0.3 is 5.11 Å². The highest BCUT2D eigenvalue weighted by Crippen LogP contribution is 1.93. The molecule has 0 saturated heterocycles. The van der Waals surface area contributed by atoms with Crippen LogP contribution in [0.3, 0.4) is 0 Å². The molecule has 0 amide bonds. The maximum absolute atomic E-state index is 10.5. The number of hydrogen-bond donors (Lipinski definition) is 1. The van der Waals surface area contributed by atoms with E-state index >= 15 is 0 Å². The van der Waals surface area contributed by atoms with Crippen molar-refractivity contribution in [3.63, 3.8) is 0 Å². The molecule has 56 valence electrons. The van der Waals surface area contributed by atoms with Crippen molar-refractivity contribution in [3.05, 3.63) is 0 Å². The Morgan fingerprint density at radius 3 is 2.80 bits per heavy atom. The van der Waals surface area contributed by atoms with Gasteiger partial charge in [0.1, 0.15) is 6.61 Å². The van der Waals surface area contributed by atoms with Gasteiger partial charge in [-0.2, -0.15) is 0 Å². The van der Waals surface area contributed by atoms with Gasteiger partial charge in [0, 0.05) is 12.8 Å². The smallest absolute Gasteiger partial charge is 0.158 e. The Hall–Kier alpha value is -0.810. The lowest BCUT2D eigenvalue weighted by Crippen LogP contribution is -2.02. The quantitative estimate of drug-likeness (QED) is 0.462. The van der Waals surface area contributed by atoms with E-state index in [4.69, 9.17) is 5.11 Å². The van der Waals surface area contributed by atoms with E-state index in [2.05, 4.69) is 11.8 Å². The summed E-state index contributed by atoms with van der Waals surface area (Å²) in [7, 11) is 0. The van der Waals surface area contributed by atoms with Gasteiger partial charge >= 0.3 is 0 Å². The average molecular weight is 140 g/mol. The van der Waals surface area contributed by atoms with Crippen molar-refractivity contribution in [1.82, 2.24) is 0 Å². The summed E-state index contributed by atoms with van der Waals surface area (Å²) in [6, 6.07) is 0. The molecule has 2 heteroatoms. The first kappa shape index (κ1) is 9.19. The van der Waals surface area contributed by atoms with Crippen LogP contribution in [0.2, 0.25) is 0 Å². The average Bonchev–Trinajstić information content (AvgIpc) is 1.98. The molecule has 0 atom stereocenters. The molecule has 0 radical (unpaired) electrons. The highest BCUT2D eigenvalue weighted by atomic mass is 16.3. The molecule has 0 spiro atoms. The number of aliphatic hydroxyl groups excluding tert-OH is 1. The SMILES string of the molecule is CC#CCCCC(=O)CO. The van der Waals surface area contributed by atoms with Crippen LogP contribution in [0.1, 0.15) is 26.2 Å². The van der Waals surface area contributed by atoms with Gasteiger partial charge in [0.05, 0.1) is 0 Å². The summed E-state index contributed by atoms with van der Waals surface area (Å²) < 4.78 is 0. The number of unbranched alkanes of at least 4 members (excludes halogenated alkanes) is 1. The summed E-state index contributed by atoms with van der Waals surface area (Å²) in [5.74, 6) is 5.48. The number of carbonyl (C=O) groups is 1. The summed E-state index contributed by atoms with van der Waals surface area (Å²) >= 11 is 0. The lowest BCUT2D eigenvalue weighted by Gasteiger charge is -1.90. The predicted octanol–water partition coefficient (Wildman–Crippen LogP) is 0.741. The van der Waals surface area contributed by atoms with Gasteiger partial charge in [0.15, 0.2) is 5.78 Å². The molecule has 0 aliphatic carbocycles. The summed E-state index contributed by atoms with van der Waals surface area (Å²) in [6.07, 6.45) is 1.97. The predicted molar refractivity (Wildman–Crippen MR) is 39.4 cm³/mol. The third-order valence-electron chi connectivity index (χ3n) is 1.11. The Balaban J connectivity index is 3.17. The fourth-order valence-electron chi connectivity index (χ4n) is 0.578. The summed E-state index contributed by atoms with van der Waals surface area (Å²) in [4.78, 5) is 10.5. The molecule has 0 aromatic carbocycles. The summed E-state index contributed by atoms with van der Waals surface area (Å²) in [6.45, 7) is 1.44. The van der Waals surface area contributed by atoms with Gasteiger partial charge in [-0.25, -0.2) is 0 Å². The van der Waals surface area contributed by atoms with Gasteiger partial charge in [-0.05, 0) is 13.3 Å². The van der Waals surface area contributed by atoms with Crippen LogP contribution < -0.4 is 0 Å². The molecule has 1 N–H and O–H groups in total. The zero-order valence-electron chi connectivity index (χ0n) is 6.18.